The number of rotatable bonds is 5. The van der Waals surface area contributed by atoms with Crippen molar-refractivity contribution in [2.45, 2.75) is 19.0 Å². The van der Waals surface area contributed by atoms with Crippen LogP contribution in [0.15, 0.2) is 24.3 Å². The van der Waals surface area contributed by atoms with Crippen LogP contribution in [-0.2, 0) is 0 Å². The van der Waals surface area contributed by atoms with Crippen LogP contribution in [0, 0.1) is 0 Å². The fourth-order valence-electron chi connectivity index (χ4n) is 2.93. The Kier molecular flexibility index (Phi) is 5.81. The summed E-state index contributed by atoms with van der Waals surface area (Å²) in [6.45, 7) is 6.86. The van der Waals surface area contributed by atoms with Gasteiger partial charge in [0.2, 0.25) is 0 Å². The van der Waals surface area contributed by atoms with Gasteiger partial charge >= 0.3 is 0 Å². The van der Waals surface area contributed by atoms with Crippen LogP contribution in [0.4, 0.5) is 0 Å². The number of nitrogens with zero attached hydrogens (tertiary/aromatic N) is 2. The molecular formula is C15H24ClN3O. The zero-order valence-electron chi connectivity index (χ0n) is 12.0. The molecule has 1 saturated heterocycles. The molecule has 0 bridgehead atoms. The molecule has 1 aliphatic rings. The molecule has 20 heavy (non-hydrogen) atoms. The summed E-state index contributed by atoms with van der Waals surface area (Å²) >= 11 is 6.33. The van der Waals surface area contributed by atoms with Crippen molar-refractivity contribution in [3.63, 3.8) is 0 Å². The Morgan fingerprint density at radius 3 is 2.45 bits per heavy atom. The highest BCUT2D eigenvalue weighted by molar-refractivity contribution is 6.31. The van der Waals surface area contributed by atoms with Crippen LogP contribution in [-0.4, -0.2) is 60.3 Å². The third-order valence-electron chi connectivity index (χ3n) is 3.94. The fourth-order valence-corrected chi connectivity index (χ4v) is 3.18. The van der Waals surface area contributed by atoms with Crippen LogP contribution in [0.5, 0.6) is 0 Å². The van der Waals surface area contributed by atoms with Gasteiger partial charge in [-0.25, -0.2) is 0 Å². The minimum atomic E-state index is 0.0271. The van der Waals surface area contributed by atoms with Crippen molar-refractivity contribution in [3.8, 4) is 0 Å². The van der Waals surface area contributed by atoms with Crippen molar-refractivity contribution < 1.29 is 5.11 Å². The maximum Gasteiger partial charge on any atom is 0.0558 e. The van der Waals surface area contributed by atoms with Gasteiger partial charge in [-0.15, -0.1) is 0 Å². The van der Waals surface area contributed by atoms with E-state index in [0.29, 0.717) is 0 Å². The highest BCUT2D eigenvalue weighted by atomic mass is 35.5. The first-order valence-electron chi connectivity index (χ1n) is 7.20. The highest BCUT2D eigenvalue weighted by Gasteiger charge is 2.28. The Morgan fingerprint density at radius 2 is 1.90 bits per heavy atom. The summed E-state index contributed by atoms with van der Waals surface area (Å²) in [5.74, 6) is 0. The molecular weight excluding hydrogens is 274 g/mol. The molecule has 5 heteroatoms. The number of β-amino-alcohol motifs (C(OH)–C–C–N with tert-alkyl or cyclic N) is 1. The SMILES string of the molecule is CC(N)C(c1ccccc1Cl)N1CCN(CCO)CC1. The monoisotopic (exact) mass is 297 g/mol. The first-order valence-corrected chi connectivity index (χ1v) is 7.58. The lowest BCUT2D eigenvalue weighted by Crippen LogP contribution is -2.51. The van der Waals surface area contributed by atoms with E-state index in [9.17, 15) is 0 Å². The van der Waals surface area contributed by atoms with Crippen LogP contribution in [0.2, 0.25) is 5.02 Å². The maximum atomic E-state index is 9.00. The van der Waals surface area contributed by atoms with E-state index in [1.54, 1.807) is 0 Å². The Labute approximate surface area is 126 Å². The normalized spacial score (nSPS) is 20.8. The Balaban J connectivity index is 2.09. The van der Waals surface area contributed by atoms with Gasteiger partial charge < -0.3 is 10.8 Å². The molecule has 0 radical (unpaired) electrons. The molecule has 4 nitrogen and oxygen atoms in total. The number of nitrogens with two attached hydrogens (primary N) is 1. The van der Waals surface area contributed by atoms with Gasteiger partial charge in [-0.2, -0.15) is 0 Å². The molecule has 1 aromatic carbocycles. The van der Waals surface area contributed by atoms with Crippen molar-refractivity contribution in [3.05, 3.63) is 34.9 Å². The lowest BCUT2D eigenvalue weighted by Gasteiger charge is -2.41. The quantitative estimate of drug-likeness (QED) is 0.861. The smallest absolute Gasteiger partial charge is 0.0558 e. The molecule has 0 aromatic heterocycles. The first-order chi connectivity index (χ1) is 9.63. The van der Waals surface area contributed by atoms with Crippen molar-refractivity contribution in [1.82, 2.24) is 9.80 Å². The van der Waals surface area contributed by atoms with Gasteiger partial charge in [0, 0.05) is 43.8 Å². The standard InChI is InChI=1S/C15H24ClN3O/c1-12(17)15(13-4-2-3-5-14(13)16)19-8-6-18(7-9-19)10-11-20/h2-5,12,15,20H,6-11,17H2,1H3. The van der Waals surface area contributed by atoms with Gasteiger partial charge in [-0.3, -0.25) is 9.80 Å². The van der Waals surface area contributed by atoms with E-state index in [1.165, 1.54) is 0 Å². The lowest BCUT2D eigenvalue weighted by molar-refractivity contribution is 0.0760. The molecule has 2 rings (SSSR count). The number of hydrogen-bond acceptors (Lipinski definition) is 4. The molecule has 3 N–H and O–H groups in total. The van der Waals surface area contributed by atoms with Crippen LogP contribution in [0.1, 0.15) is 18.5 Å². The van der Waals surface area contributed by atoms with E-state index in [-0.39, 0.29) is 18.7 Å². The zero-order chi connectivity index (χ0) is 14.5. The topological polar surface area (TPSA) is 52.7 Å². The van der Waals surface area contributed by atoms with E-state index >= 15 is 0 Å². The van der Waals surface area contributed by atoms with Crippen molar-refractivity contribution in [1.29, 1.82) is 0 Å². The van der Waals surface area contributed by atoms with Gasteiger partial charge in [-0.1, -0.05) is 29.8 Å². The van der Waals surface area contributed by atoms with E-state index in [0.717, 1.165) is 43.3 Å². The molecule has 0 amide bonds. The molecule has 1 heterocycles. The summed E-state index contributed by atoms with van der Waals surface area (Å²) in [7, 11) is 0. The zero-order valence-corrected chi connectivity index (χ0v) is 12.8. The van der Waals surface area contributed by atoms with Gasteiger partial charge in [0.05, 0.1) is 12.6 Å². The molecule has 2 unspecified atom stereocenters. The summed E-state index contributed by atoms with van der Waals surface area (Å²) < 4.78 is 0. The Morgan fingerprint density at radius 1 is 1.25 bits per heavy atom. The molecule has 0 aliphatic carbocycles. The minimum absolute atomic E-state index is 0.0271. The lowest BCUT2D eigenvalue weighted by atomic mass is 9.98. The fraction of sp³-hybridized carbons (Fsp3) is 0.600. The molecule has 1 aliphatic heterocycles. The Hall–Kier alpha value is -0.650. The number of aliphatic hydroxyl groups is 1. The predicted molar refractivity (Wildman–Crippen MR) is 82.9 cm³/mol. The minimum Gasteiger partial charge on any atom is -0.395 e. The molecule has 1 aromatic rings. The van der Waals surface area contributed by atoms with Crippen LogP contribution < -0.4 is 5.73 Å². The van der Waals surface area contributed by atoms with Crippen molar-refractivity contribution >= 4 is 11.6 Å². The first kappa shape index (κ1) is 15.7. The Bertz CT molecular complexity index is 419. The molecule has 0 spiro atoms. The molecule has 1 fully saturated rings. The molecule has 0 saturated carbocycles. The third kappa shape index (κ3) is 3.71. The molecule has 112 valence electrons. The second kappa shape index (κ2) is 7.38. The second-order valence-corrected chi connectivity index (χ2v) is 5.83. The summed E-state index contributed by atoms with van der Waals surface area (Å²) in [5.41, 5.74) is 7.32. The maximum absolute atomic E-state index is 9.00. The van der Waals surface area contributed by atoms with Crippen LogP contribution in [0.3, 0.4) is 0 Å². The highest BCUT2D eigenvalue weighted by Crippen LogP contribution is 2.30. The average molecular weight is 298 g/mol. The van der Waals surface area contributed by atoms with E-state index < -0.39 is 0 Å². The van der Waals surface area contributed by atoms with E-state index in [4.69, 9.17) is 22.4 Å². The summed E-state index contributed by atoms with van der Waals surface area (Å²) in [6.07, 6.45) is 0. The number of hydrogen-bond donors (Lipinski definition) is 2. The van der Waals surface area contributed by atoms with Gasteiger partial charge in [0.15, 0.2) is 0 Å². The number of benzene rings is 1. The molecule has 2 atom stereocenters. The van der Waals surface area contributed by atoms with Gasteiger partial charge in [0.1, 0.15) is 0 Å². The van der Waals surface area contributed by atoms with Crippen molar-refractivity contribution in [2.24, 2.45) is 5.73 Å². The van der Waals surface area contributed by atoms with Crippen LogP contribution in [0.25, 0.3) is 0 Å². The summed E-state index contributed by atoms with van der Waals surface area (Å²) in [5, 5.41) is 9.79. The number of halogens is 1. The van der Waals surface area contributed by atoms with Crippen LogP contribution >= 0.6 is 11.6 Å². The van der Waals surface area contributed by atoms with Gasteiger partial charge in [-0.05, 0) is 18.6 Å². The summed E-state index contributed by atoms with van der Waals surface area (Å²) in [4.78, 5) is 4.68. The third-order valence-corrected chi connectivity index (χ3v) is 4.28. The average Bonchev–Trinajstić information content (AvgIpc) is 2.43. The second-order valence-electron chi connectivity index (χ2n) is 5.43. The number of aliphatic hydroxyl groups excluding tert-OH is 1. The largest absolute Gasteiger partial charge is 0.395 e. The summed E-state index contributed by atoms with van der Waals surface area (Å²) in [6, 6.07) is 8.13. The van der Waals surface area contributed by atoms with Gasteiger partial charge in [0.25, 0.3) is 0 Å². The van der Waals surface area contributed by atoms with E-state index in [1.807, 2.05) is 25.1 Å². The van der Waals surface area contributed by atoms with Crippen molar-refractivity contribution in [2.75, 3.05) is 39.3 Å². The predicted octanol–water partition coefficient (Wildman–Crippen LogP) is 1.34. The number of piperazine rings is 1. The van der Waals surface area contributed by atoms with E-state index in [2.05, 4.69) is 15.9 Å².